The van der Waals surface area contributed by atoms with Crippen LogP contribution < -0.4 is 5.73 Å². The Morgan fingerprint density at radius 2 is 1.85 bits per heavy atom. The fourth-order valence-corrected chi connectivity index (χ4v) is 2.48. The Morgan fingerprint density at radius 1 is 1.05 bits per heavy atom. The molecule has 0 fully saturated rings. The first-order valence-corrected chi connectivity index (χ1v) is 6.75. The molecule has 0 amide bonds. The maximum atomic E-state index is 6.36. The molecule has 100 valence electrons. The minimum atomic E-state index is 0.484. The summed E-state index contributed by atoms with van der Waals surface area (Å²) in [6.45, 7) is 0.484. The number of nitrogens with zero attached hydrogens (tertiary/aromatic N) is 2. The van der Waals surface area contributed by atoms with Gasteiger partial charge in [0.15, 0.2) is 0 Å². The van der Waals surface area contributed by atoms with Crippen LogP contribution in [0, 0.1) is 0 Å². The molecule has 2 N–H and O–H groups in total. The van der Waals surface area contributed by atoms with E-state index in [9.17, 15) is 0 Å². The van der Waals surface area contributed by atoms with E-state index in [-0.39, 0.29) is 0 Å². The molecule has 3 rings (SSSR count). The van der Waals surface area contributed by atoms with E-state index in [1.807, 2.05) is 59.3 Å². The smallest absolute Gasteiger partial charge is 0.0755 e. The van der Waals surface area contributed by atoms with Gasteiger partial charge in [-0.15, -0.1) is 0 Å². The van der Waals surface area contributed by atoms with Gasteiger partial charge in [-0.2, -0.15) is 5.10 Å². The molecule has 0 atom stereocenters. The lowest BCUT2D eigenvalue weighted by molar-refractivity contribution is 0.888. The van der Waals surface area contributed by atoms with Crippen molar-refractivity contribution in [2.24, 2.45) is 5.73 Å². The zero-order valence-corrected chi connectivity index (χ0v) is 11.6. The van der Waals surface area contributed by atoms with Crippen LogP contribution in [-0.2, 0) is 6.54 Å². The Balaban J connectivity index is 2.11. The SMILES string of the molecule is NCc1ccc(-c2ccnn2-c2ccccc2)c(Cl)c1. The van der Waals surface area contributed by atoms with Crippen LogP contribution in [0.2, 0.25) is 5.02 Å². The number of nitrogens with two attached hydrogens (primary N) is 1. The van der Waals surface area contributed by atoms with Crippen LogP contribution in [0.15, 0.2) is 60.8 Å². The number of hydrogen-bond donors (Lipinski definition) is 1. The summed E-state index contributed by atoms with van der Waals surface area (Å²) in [7, 11) is 0. The van der Waals surface area contributed by atoms with Gasteiger partial charge in [0.05, 0.1) is 22.6 Å². The van der Waals surface area contributed by atoms with Gasteiger partial charge in [0.2, 0.25) is 0 Å². The molecule has 1 heterocycles. The van der Waals surface area contributed by atoms with Crippen LogP contribution in [0.5, 0.6) is 0 Å². The van der Waals surface area contributed by atoms with Crippen LogP contribution in [-0.4, -0.2) is 9.78 Å². The molecule has 0 saturated carbocycles. The third-order valence-electron chi connectivity index (χ3n) is 3.19. The van der Waals surface area contributed by atoms with Gasteiger partial charge in [-0.25, -0.2) is 4.68 Å². The summed E-state index contributed by atoms with van der Waals surface area (Å²) in [5.41, 5.74) is 9.57. The fourth-order valence-electron chi connectivity index (χ4n) is 2.18. The van der Waals surface area contributed by atoms with Crippen molar-refractivity contribution in [1.82, 2.24) is 9.78 Å². The van der Waals surface area contributed by atoms with Crippen LogP contribution in [0.3, 0.4) is 0 Å². The zero-order chi connectivity index (χ0) is 13.9. The Hall–Kier alpha value is -2.10. The van der Waals surface area contributed by atoms with Gasteiger partial charge in [-0.05, 0) is 29.8 Å². The molecular weight excluding hydrogens is 270 g/mol. The summed E-state index contributed by atoms with van der Waals surface area (Å²) in [5, 5.41) is 5.07. The third-order valence-corrected chi connectivity index (χ3v) is 3.50. The molecule has 3 aromatic rings. The number of para-hydroxylation sites is 1. The Bertz CT molecular complexity index is 720. The standard InChI is InChI=1S/C16H14ClN3/c17-15-10-12(11-18)6-7-14(15)16-8-9-19-20(16)13-4-2-1-3-5-13/h1-10H,11,18H2. The molecule has 0 aliphatic rings. The highest BCUT2D eigenvalue weighted by atomic mass is 35.5. The van der Waals surface area contributed by atoms with Crippen molar-refractivity contribution in [1.29, 1.82) is 0 Å². The number of hydrogen-bond acceptors (Lipinski definition) is 2. The highest BCUT2D eigenvalue weighted by molar-refractivity contribution is 6.33. The lowest BCUT2D eigenvalue weighted by Crippen LogP contribution is -2.00. The minimum absolute atomic E-state index is 0.484. The second kappa shape index (κ2) is 5.49. The molecule has 0 bridgehead atoms. The monoisotopic (exact) mass is 283 g/mol. The van der Waals surface area contributed by atoms with E-state index in [0.29, 0.717) is 11.6 Å². The Kier molecular flexibility index (Phi) is 3.54. The van der Waals surface area contributed by atoms with Crippen LogP contribution in [0.1, 0.15) is 5.56 Å². The summed E-state index contributed by atoms with van der Waals surface area (Å²) in [6.07, 6.45) is 1.77. The van der Waals surface area contributed by atoms with Crippen LogP contribution in [0.4, 0.5) is 0 Å². The van der Waals surface area contributed by atoms with Gasteiger partial charge >= 0.3 is 0 Å². The average molecular weight is 284 g/mol. The number of halogens is 1. The van der Waals surface area contributed by atoms with Gasteiger partial charge in [-0.1, -0.05) is 41.9 Å². The van der Waals surface area contributed by atoms with Crippen molar-refractivity contribution in [3.8, 4) is 16.9 Å². The van der Waals surface area contributed by atoms with Crippen molar-refractivity contribution in [2.45, 2.75) is 6.54 Å². The van der Waals surface area contributed by atoms with E-state index in [2.05, 4.69) is 5.10 Å². The van der Waals surface area contributed by atoms with E-state index >= 15 is 0 Å². The predicted molar refractivity (Wildman–Crippen MR) is 81.9 cm³/mol. The Morgan fingerprint density at radius 3 is 2.55 bits per heavy atom. The molecule has 1 aromatic heterocycles. The van der Waals surface area contributed by atoms with Gasteiger partial charge < -0.3 is 5.73 Å². The summed E-state index contributed by atoms with van der Waals surface area (Å²) in [5.74, 6) is 0. The van der Waals surface area contributed by atoms with E-state index < -0.39 is 0 Å². The highest BCUT2D eigenvalue weighted by Crippen LogP contribution is 2.30. The van der Waals surface area contributed by atoms with Crippen LogP contribution >= 0.6 is 11.6 Å². The molecule has 2 aromatic carbocycles. The molecule has 0 spiro atoms. The first-order valence-electron chi connectivity index (χ1n) is 6.38. The van der Waals surface area contributed by atoms with Crippen molar-refractivity contribution in [2.75, 3.05) is 0 Å². The molecule has 4 heteroatoms. The zero-order valence-electron chi connectivity index (χ0n) is 10.8. The van der Waals surface area contributed by atoms with Gasteiger partial charge in [0.25, 0.3) is 0 Å². The van der Waals surface area contributed by atoms with Crippen molar-refractivity contribution < 1.29 is 0 Å². The van der Waals surface area contributed by atoms with E-state index in [1.165, 1.54) is 0 Å². The normalized spacial score (nSPS) is 10.7. The topological polar surface area (TPSA) is 43.8 Å². The fraction of sp³-hybridized carbons (Fsp3) is 0.0625. The number of rotatable bonds is 3. The largest absolute Gasteiger partial charge is 0.326 e. The van der Waals surface area contributed by atoms with E-state index in [0.717, 1.165) is 22.5 Å². The molecule has 0 unspecified atom stereocenters. The highest BCUT2D eigenvalue weighted by Gasteiger charge is 2.10. The summed E-state index contributed by atoms with van der Waals surface area (Å²) < 4.78 is 1.88. The van der Waals surface area contributed by atoms with Crippen molar-refractivity contribution in [3.63, 3.8) is 0 Å². The molecule has 0 saturated heterocycles. The average Bonchev–Trinajstić information content (AvgIpc) is 2.97. The second-order valence-electron chi connectivity index (χ2n) is 4.48. The summed E-state index contributed by atoms with van der Waals surface area (Å²) >= 11 is 6.36. The van der Waals surface area contributed by atoms with Crippen molar-refractivity contribution in [3.05, 3.63) is 71.4 Å². The quantitative estimate of drug-likeness (QED) is 0.797. The molecule has 0 radical (unpaired) electrons. The van der Waals surface area contributed by atoms with Gasteiger partial charge in [0, 0.05) is 12.1 Å². The van der Waals surface area contributed by atoms with Crippen molar-refractivity contribution >= 4 is 11.6 Å². The Labute approximate surface area is 122 Å². The maximum absolute atomic E-state index is 6.36. The minimum Gasteiger partial charge on any atom is -0.326 e. The first-order chi connectivity index (χ1) is 9.79. The first kappa shape index (κ1) is 12.9. The van der Waals surface area contributed by atoms with Crippen LogP contribution in [0.25, 0.3) is 16.9 Å². The predicted octanol–water partition coefficient (Wildman–Crippen LogP) is 3.65. The lowest BCUT2D eigenvalue weighted by atomic mass is 10.1. The molecule has 0 aliphatic carbocycles. The summed E-state index contributed by atoms with van der Waals surface area (Å²) in [4.78, 5) is 0. The van der Waals surface area contributed by atoms with E-state index in [4.69, 9.17) is 17.3 Å². The number of benzene rings is 2. The molecule has 20 heavy (non-hydrogen) atoms. The van der Waals surface area contributed by atoms with Gasteiger partial charge in [0.1, 0.15) is 0 Å². The lowest BCUT2D eigenvalue weighted by Gasteiger charge is -2.10. The summed E-state index contributed by atoms with van der Waals surface area (Å²) in [6, 6.07) is 17.8. The maximum Gasteiger partial charge on any atom is 0.0755 e. The number of aromatic nitrogens is 2. The molecule has 3 nitrogen and oxygen atoms in total. The molecule has 0 aliphatic heterocycles. The third kappa shape index (κ3) is 2.33. The molecular formula is C16H14ClN3. The second-order valence-corrected chi connectivity index (χ2v) is 4.89. The van der Waals surface area contributed by atoms with E-state index in [1.54, 1.807) is 6.20 Å². The van der Waals surface area contributed by atoms with Gasteiger partial charge in [-0.3, -0.25) is 0 Å².